The first kappa shape index (κ1) is 9.72. The van der Waals surface area contributed by atoms with Gasteiger partial charge in [0.2, 0.25) is 0 Å². The van der Waals surface area contributed by atoms with E-state index in [4.69, 9.17) is 0 Å². The van der Waals surface area contributed by atoms with Crippen molar-refractivity contribution in [2.24, 2.45) is 0 Å². The SMILES string of the molecule is CN[C@@H]1CCCC[C@H]1c1ccccc1. The predicted octanol–water partition coefficient (Wildman–Crippen LogP) is 2.93. The lowest BCUT2D eigenvalue weighted by atomic mass is 9.80. The van der Waals surface area contributed by atoms with E-state index in [-0.39, 0.29) is 0 Å². The molecule has 1 heteroatoms. The normalized spacial score (nSPS) is 27.5. The van der Waals surface area contributed by atoms with E-state index < -0.39 is 0 Å². The Bertz CT molecular complexity index is 268. The number of rotatable bonds is 2. The van der Waals surface area contributed by atoms with E-state index in [1.54, 1.807) is 0 Å². The van der Waals surface area contributed by atoms with Crippen molar-refractivity contribution in [3.8, 4) is 0 Å². The van der Waals surface area contributed by atoms with Crippen molar-refractivity contribution in [3.63, 3.8) is 0 Å². The molecule has 1 fully saturated rings. The van der Waals surface area contributed by atoms with Gasteiger partial charge in [-0.05, 0) is 31.4 Å². The molecule has 1 aliphatic rings. The highest BCUT2D eigenvalue weighted by Gasteiger charge is 2.24. The van der Waals surface area contributed by atoms with E-state index >= 15 is 0 Å². The molecule has 1 aromatic rings. The molecule has 0 heterocycles. The summed E-state index contributed by atoms with van der Waals surface area (Å²) in [7, 11) is 2.09. The molecule has 1 aromatic carbocycles. The summed E-state index contributed by atoms with van der Waals surface area (Å²) in [6, 6.07) is 11.6. The molecule has 0 spiro atoms. The summed E-state index contributed by atoms with van der Waals surface area (Å²) in [5.41, 5.74) is 1.51. The van der Waals surface area contributed by atoms with Gasteiger partial charge in [0.1, 0.15) is 0 Å². The molecule has 0 aliphatic heterocycles. The minimum Gasteiger partial charge on any atom is -0.316 e. The number of benzene rings is 1. The standard InChI is InChI=1S/C13H19N/c1-14-13-10-6-5-9-12(13)11-7-3-2-4-8-11/h2-4,7-8,12-14H,5-6,9-10H2,1H3/t12-,13+/m0/s1. The summed E-state index contributed by atoms with van der Waals surface area (Å²) in [6.45, 7) is 0. The van der Waals surface area contributed by atoms with Gasteiger partial charge in [-0.3, -0.25) is 0 Å². The molecular formula is C13H19N. The molecule has 0 saturated heterocycles. The quantitative estimate of drug-likeness (QED) is 0.754. The minimum atomic E-state index is 0.686. The van der Waals surface area contributed by atoms with Crippen LogP contribution in [0.15, 0.2) is 30.3 Å². The number of likely N-dealkylation sites (N-methyl/N-ethyl adjacent to an activating group) is 1. The maximum atomic E-state index is 3.45. The van der Waals surface area contributed by atoms with Crippen LogP contribution in [0.25, 0.3) is 0 Å². The van der Waals surface area contributed by atoms with Gasteiger partial charge >= 0.3 is 0 Å². The first-order chi connectivity index (χ1) is 6.92. The van der Waals surface area contributed by atoms with Gasteiger partial charge in [0.05, 0.1) is 0 Å². The average molecular weight is 189 g/mol. The Hall–Kier alpha value is -0.820. The zero-order chi connectivity index (χ0) is 9.80. The lowest BCUT2D eigenvalue weighted by Gasteiger charge is -2.31. The first-order valence-corrected chi connectivity index (χ1v) is 5.64. The van der Waals surface area contributed by atoms with E-state index in [0.717, 1.165) is 5.92 Å². The summed E-state index contributed by atoms with van der Waals surface area (Å²) in [5, 5.41) is 3.45. The van der Waals surface area contributed by atoms with Crippen LogP contribution in [0.4, 0.5) is 0 Å². The van der Waals surface area contributed by atoms with Crippen LogP contribution in [0.1, 0.15) is 37.2 Å². The summed E-state index contributed by atoms with van der Waals surface area (Å²) < 4.78 is 0. The van der Waals surface area contributed by atoms with Gasteiger partial charge in [-0.2, -0.15) is 0 Å². The van der Waals surface area contributed by atoms with E-state index in [9.17, 15) is 0 Å². The molecule has 1 aliphatic carbocycles. The fraction of sp³-hybridized carbons (Fsp3) is 0.538. The van der Waals surface area contributed by atoms with Crippen molar-refractivity contribution >= 4 is 0 Å². The van der Waals surface area contributed by atoms with Crippen LogP contribution in [0, 0.1) is 0 Å². The van der Waals surface area contributed by atoms with Crippen LogP contribution in [-0.2, 0) is 0 Å². The number of nitrogens with one attached hydrogen (secondary N) is 1. The van der Waals surface area contributed by atoms with Crippen LogP contribution in [0.3, 0.4) is 0 Å². The number of hydrogen-bond donors (Lipinski definition) is 1. The molecule has 0 aromatic heterocycles. The van der Waals surface area contributed by atoms with Crippen LogP contribution in [-0.4, -0.2) is 13.1 Å². The Morgan fingerprint density at radius 1 is 1.07 bits per heavy atom. The highest BCUT2D eigenvalue weighted by Crippen LogP contribution is 2.32. The third-order valence-electron chi connectivity index (χ3n) is 3.36. The maximum absolute atomic E-state index is 3.45. The second-order valence-corrected chi connectivity index (χ2v) is 4.20. The third kappa shape index (κ3) is 1.98. The molecule has 14 heavy (non-hydrogen) atoms. The van der Waals surface area contributed by atoms with Crippen LogP contribution < -0.4 is 5.32 Å². The van der Waals surface area contributed by atoms with Crippen molar-refractivity contribution in [3.05, 3.63) is 35.9 Å². The summed E-state index contributed by atoms with van der Waals surface area (Å²) in [6.07, 6.45) is 5.44. The van der Waals surface area contributed by atoms with E-state index in [2.05, 4.69) is 42.7 Å². The lowest BCUT2D eigenvalue weighted by molar-refractivity contribution is 0.344. The van der Waals surface area contributed by atoms with Crippen molar-refractivity contribution < 1.29 is 0 Å². The molecule has 1 N–H and O–H groups in total. The molecular weight excluding hydrogens is 170 g/mol. The molecule has 0 amide bonds. The van der Waals surface area contributed by atoms with E-state index in [0.29, 0.717) is 6.04 Å². The smallest absolute Gasteiger partial charge is 0.0133 e. The molecule has 2 atom stereocenters. The van der Waals surface area contributed by atoms with Crippen LogP contribution in [0.2, 0.25) is 0 Å². The van der Waals surface area contributed by atoms with Crippen molar-refractivity contribution in [1.29, 1.82) is 0 Å². The molecule has 2 rings (SSSR count). The zero-order valence-corrected chi connectivity index (χ0v) is 8.87. The highest BCUT2D eigenvalue weighted by molar-refractivity contribution is 5.21. The third-order valence-corrected chi connectivity index (χ3v) is 3.36. The fourth-order valence-electron chi connectivity index (χ4n) is 2.58. The average Bonchev–Trinajstić information content (AvgIpc) is 2.30. The van der Waals surface area contributed by atoms with Crippen molar-refractivity contribution in [1.82, 2.24) is 5.32 Å². The summed E-state index contributed by atoms with van der Waals surface area (Å²) in [5.74, 6) is 0.731. The van der Waals surface area contributed by atoms with E-state index in [1.165, 1.54) is 31.2 Å². The van der Waals surface area contributed by atoms with Crippen molar-refractivity contribution in [2.75, 3.05) is 7.05 Å². The van der Waals surface area contributed by atoms with Gasteiger partial charge in [0.15, 0.2) is 0 Å². The van der Waals surface area contributed by atoms with Crippen LogP contribution >= 0.6 is 0 Å². The monoisotopic (exact) mass is 189 g/mol. The maximum Gasteiger partial charge on any atom is 0.0133 e. The van der Waals surface area contributed by atoms with Gasteiger partial charge in [-0.25, -0.2) is 0 Å². The Kier molecular flexibility index (Phi) is 3.20. The fourth-order valence-corrected chi connectivity index (χ4v) is 2.58. The largest absolute Gasteiger partial charge is 0.316 e. The second kappa shape index (κ2) is 4.61. The Morgan fingerprint density at radius 3 is 2.50 bits per heavy atom. The minimum absolute atomic E-state index is 0.686. The second-order valence-electron chi connectivity index (χ2n) is 4.20. The van der Waals surface area contributed by atoms with Crippen molar-refractivity contribution in [2.45, 2.75) is 37.6 Å². The molecule has 0 unspecified atom stereocenters. The topological polar surface area (TPSA) is 12.0 Å². The Morgan fingerprint density at radius 2 is 1.79 bits per heavy atom. The molecule has 76 valence electrons. The Labute approximate surface area is 86.5 Å². The van der Waals surface area contributed by atoms with Gasteiger partial charge in [0.25, 0.3) is 0 Å². The summed E-state index contributed by atoms with van der Waals surface area (Å²) in [4.78, 5) is 0. The molecule has 0 radical (unpaired) electrons. The molecule has 1 nitrogen and oxygen atoms in total. The highest BCUT2D eigenvalue weighted by atomic mass is 14.9. The van der Waals surface area contributed by atoms with Gasteiger partial charge in [-0.15, -0.1) is 0 Å². The Balaban J connectivity index is 2.15. The zero-order valence-electron chi connectivity index (χ0n) is 8.87. The summed E-state index contributed by atoms with van der Waals surface area (Å²) >= 11 is 0. The first-order valence-electron chi connectivity index (χ1n) is 5.64. The van der Waals surface area contributed by atoms with Gasteiger partial charge in [0, 0.05) is 6.04 Å². The van der Waals surface area contributed by atoms with Gasteiger partial charge in [-0.1, -0.05) is 43.2 Å². The van der Waals surface area contributed by atoms with E-state index in [1.807, 2.05) is 0 Å². The predicted molar refractivity (Wildman–Crippen MR) is 60.5 cm³/mol. The number of hydrogen-bond acceptors (Lipinski definition) is 1. The van der Waals surface area contributed by atoms with Gasteiger partial charge < -0.3 is 5.32 Å². The molecule has 1 saturated carbocycles. The molecule has 0 bridgehead atoms. The van der Waals surface area contributed by atoms with Crippen LogP contribution in [0.5, 0.6) is 0 Å². The lowest BCUT2D eigenvalue weighted by Crippen LogP contribution is -2.34.